The van der Waals surface area contributed by atoms with E-state index in [-0.39, 0.29) is 18.5 Å². The van der Waals surface area contributed by atoms with Crippen molar-refractivity contribution in [2.24, 2.45) is 5.92 Å². The molecule has 0 aliphatic heterocycles. The maximum Gasteiger partial charge on any atom is 0.238 e. The van der Waals surface area contributed by atoms with Crippen LogP contribution in [0.2, 0.25) is 5.02 Å². The number of para-hydroxylation sites is 1. The van der Waals surface area contributed by atoms with Gasteiger partial charge in [-0.25, -0.2) is 0 Å². The molecule has 0 radical (unpaired) electrons. The van der Waals surface area contributed by atoms with E-state index in [0.29, 0.717) is 16.6 Å². The predicted octanol–water partition coefficient (Wildman–Crippen LogP) is 4.27. The van der Waals surface area contributed by atoms with Gasteiger partial charge in [0.05, 0.1) is 17.3 Å². The van der Waals surface area contributed by atoms with Crippen LogP contribution in [-0.4, -0.2) is 12.5 Å². The molecule has 0 heterocycles. The summed E-state index contributed by atoms with van der Waals surface area (Å²) in [6.07, 6.45) is 0. The van der Waals surface area contributed by atoms with Crippen LogP contribution in [0.1, 0.15) is 25.5 Å². The Morgan fingerprint density at radius 2 is 1.68 bits per heavy atom. The molecule has 0 bridgehead atoms. The second-order valence-corrected chi connectivity index (χ2v) is 5.95. The van der Waals surface area contributed by atoms with Crippen molar-refractivity contribution in [3.05, 3.63) is 65.2 Å². The minimum Gasteiger partial charge on any atom is -0.324 e. The van der Waals surface area contributed by atoms with Crippen molar-refractivity contribution < 1.29 is 4.79 Å². The van der Waals surface area contributed by atoms with Crippen LogP contribution in [0.5, 0.6) is 0 Å². The lowest BCUT2D eigenvalue weighted by atomic mass is 9.96. The summed E-state index contributed by atoms with van der Waals surface area (Å²) in [5.41, 5.74) is 1.82. The number of benzene rings is 2. The smallest absolute Gasteiger partial charge is 0.238 e. The van der Waals surface area contributed by atoms with Crippen molar-refractivity contribution in [1.29, 1.82) is 0 Å². The summed E-state index contributed by atoms with van der Waals surface area (Å²) in [6.45, 7) is 4.51. The van der Waals surface area contributed by atoms with Gasteiger partial charge >= 0.3 is 0 Å². The van der Waals surface area contributed by atoms with Crippen molar-refractivity contribution in [2.75, 3.05) is 11.9 Å². The van der Waals surface area contributed by atoms with E-state index >= 15 is 0 Å². The van der Waals surface area contributed by atoms with Crippen LogP contribution in [-0.2, 0) is 4.79 Å². The number of halogens is 1. The van der Waals surface area contributed by atoms with Crippen molar-refractivity contribution >= 4 is 23.2 Å². The highest BCUT2D eigenvalue weighted by Crippen LogP contribution is 2.22. The summed E-state index contributed by atoms with van der Waals surface area (Å²) in [7, 11) is 0. The minimum atomic E-state index is -0.102. The van der Waals surface area contributed by atoms with Gasteiger partial charge in [-0.3, -0.25) is 4.79 Å². The van der Waals surface area contributed by atoms with E-state index in [2.05, 4.69) is 36.6 Å². The first-order valence-electron chi connectivity index (χ1n) is 7.40. The monoisotopic (exact) mass is 316 g/mol. The third-order valence-electron chi connectivity index (χ3n) is 3.46. The first kappa shape index (κ1) is 16.5. The van der Waals surface area contributed by atoms with Crippen LogP contribution < -0.4 is 10.6 Å². The molecule has 0 aliphatic carbocycles. The first-order valence-corrected chi connectivity index (χ1v) is 7.78. The zero-order valence-corrected chi connectivity index (χ0v) is 13.6. The van der Waals surface area contributed by atoms with Crippen LogP contribution in [0.3, 0.4) is 0 Å². The average molecular weight is 317 g/mol. The molecule has 0 aliphatic rings. The largest absolute Gasteiger partial charge is 0.324 e. The predicted molar refractivity (Wildman–Crippen MR) is 92.1 cm³/mol. The highest BCUT2D eigenvalue weighted by Gasteiger charge is 2.16. The zero-order valence-electron chi connectivity index (χ0n) is 12.8. The Bertz CT molecular complexity index is 613. The number of nitrogens with one attached hydrogen (secondary N) is 2. The van der Waals surface area contributed by atoms with E-state index in [9.17, 15) is 4.79 Å². The lowest BCUT2D eigenvalue weighted by molar-refractivity contribution is -0.115. The number of carbonyl (C=O) groups excluding carboxylic acids is 1. The Balaban J connectivity index is 1.95. The average Bonchev–Trinajstić information content (AvgIpc) is 2.50. The Kier molecular flexibility index (Phi) is 5.99. The summed E-state index contributed by atoms with van der Waals surface area (Å²) in [5.74, 6) is 0.283. The normalized spacial score (nSPS) is 12.2. The molecule has 2 N–H and O–H groups in total. The van der Waals surface area contributed by atoms with Crippen LogP contribution in [0.25, 0.3) is 0 Å². The molecule has 116 valence electrons. The molecule has 4 heteroatoms. The Morgan fingerprint density at radius 1 is 1.05 bits per heavy atom. The lowest BCUT2D eigenvalue weighted by Gasteiger charge is -2.22. The Hall–Kier alpha value is -1.84. The third kappa shape index (κ3) is 4.58. The molecule has 0 saturated carbocycles. The zero-order chi connectivity index (χ0) is 15.9. The number of hydrogen-bond donors (Lipinski definition) is 2. The summed E-state index contributed by atoms with van der Waals surface area (Å²) in [4.78, 5) is 12.1. The van der Waals surface area contributed by atoms with Gasteiger partial charge in [-0.2, -0.15) is 0 Å². The maximum atomic E-state index is 12.1. The van der Waals surface area contributed by atoms with Gasteiger partial charge in [-0.1, -0.05) is 67.9 Å². The molecule has 2 rings (SSSR count). The summed E-state index contributed by atoms with van der Waals surface area (Å²) >= 11 is 6.04. The number of carbonyl (C=O) groups is 1. The Labute approximate surface area is 136 Å². The summed E-state index contributed by atoms with van der Waals surface area (Å²) in [6, 6.07) is 17.5. The highest BCUT2D eigenvalue weighted by atomic mass is 35.5. The van der Waals surface area contributed by atoms with E-state index in [1.54, 1.807) is 12.1 Å². The lowest BCUT2D eigenvalue weighted by Crippen LogP contribution is -2.33. The number of hydrogen-bond acceptors (Lipinski definition) is 2. The van der Waals surface area contributed by atoms with E-state index < -0.39 is 0 Å². The van der Waals surface area contributed by atoms with Crippen LogP contribution >= 0.6 is 11.6 Å². The van der Waals surface area contributed by atoms with Gasteiger partial charge in [0.25, 0.3) is 0 Å². The molecule has 1 amide bonds. The summed E-state index contributed by atoms with van der Waals surface area (Å²) in [5, 5.41) is 6.68. The van der Waals surface area contributed by atoms with Crippen LogP contribution in [0.15, 0.2) is 54.6 Å². The molecule has 0 saturated heterocycles. The van der Waals surface area contributed by atoms with Crippen molar-refractivity contribution in [1.82, 2.24) is 5.32 Å². The van der Waals surface area contributed by atoms with Gasteiger partial charge in [-0.15, -0.1) is 0 Å². The SMILES string of the molecule is CC(C)[C@H](NCC(=O)Nc1ccccc1Cl)c1ccccc1. The quantitative estimate of drug-likeness (QED) is 0.835. The van der Waals surface area contributed by atoms with Gasteiger partial charge in [0.15, 0.2) is 0 Å². The fourth-order valence-electron chi connectivity index (χ4n) is 2.36. The molecule has 0 unspecified atom stereocenters. The topological polar surface area (TPSA) is 41.1 Å². The van der Waals surface area contributed by atoms with Gasteiger partial charge in [0.2, 0.25) is 5.91 Å². The van der Waals surface area contributed by atoms with Crippen molar-refractivity contribution in [3.8, 4) is 0 Å². The van der Waals surface area contributed by atoms with Crippen LogP contribution in [0.4, 0.5) is 5.69 Å². The summed E-state index contributed by atoms with van der Waals surface area (Å²) < 4.78 is 0. The Morgan fingerprint density at radius 3 is 2.32 bits per heavy atom. The van der Waals surface area contributed by atoms with Gasteiger partial charge in [-0.05, 0) is 23.6 Å². The number of rotatable bonds is 6. The maximum absolute atomic E-state index is 12.1. The molecular weight excluding hydrogens is 296 g/mol. The van der Waals surface area contributed by atoms with Gasteiger partial charge < -0.3 is 10.6 Å². The standard InChI is InChI=1S/C18H21ClN2O/c1-13(2)18(14-8-4-3-5-9-14)20-12-17(22)21-16-11-7-6-10-15(16)19/h3-11,13,18,20H,12H2,1-2H3,(H,21,22)/t18-/m0/s1. The van der Waals surface area contributed by atoms with E-state index in [1.807, 2.05) is 30.3 Å². The van der Waals surface area contributed by atoms with Crippen molar-refractivity contribution in [3.63, 3.8) is 0 Å². The van der Waals surface area contributed by atoms with E-state index in [1.165, 1.54) is 5.56 Å². The molecule has 3 nitrogen and oxygen atoms in total. The molecular formula is C18H21ClN2O. The second kappa shape index (κ2) is 7.97. The van der Waals surface area contributed by atoms with Gasteiger partial charge in [0.1, 0.15) is 0 Å². The molecule has 0 aromatic heterocycles. The molecule has 2 aromatic carbocycles. The number of anilines is 1. The first-order chi connectivity index (χ1) is 10.6. The third-order valence-corrected chi connectivity index (χ3v) is 3.79. The van der Waals surface area contributed by atoms with E-state index in [4.69, 9.17) is 11.6 Å². The fraction of sp³-hybridized carbons (Fsp3) is 0.278. The fourth-order valence-corrected chi connectivity index (χ4v) is 2.54. The molecule has 1 atom stereocenters. The highest BCUT2D eigenvalue weighted by molar-refractivity contribution is 6.33. The minimum absolute atomic E-state index is 0.102. The van der Waals surface area contributed by atoms with Crippen LogP contribution in [0, 0.1) is 5.92 Å². The van der Waals surface area contributed by atoms with Gasteiger partial charge in [0, 0.05) is 6.04 Å². The molecule has 2 aromatic rings. The second-order valence-electron chi connectivity index (χ2n) is 5.54. The molecule has 0 fully saturated rings. The molecule has 0 spiro atoms. The van der Waals surface area contributed by atoms with E-state index in [0.717, 1.165) is 0 Å². The van der Waals surface area contributed by atoms with Crippen molar-refractivity contribution in [2.45, 2.75) is 19.9 Å². The molecule has 22 heavy (non-hydrogen) atoms. The number of amides is 1.